The summed E-state index contributed by atoms with van der Waals surface area (Å²) in [6, 6.07) is 4.10. The molecule has 0 aliphatic rings. The average molecular weight is 625 g/mol. The number of alkyl halides is 9. The topological polar surface area (TPSA) is 76.7 Å². The monoisotopic (exact) mass is 624 g/mol. The largest absolute Gasteiger partial charge is 0.494 e. The quantitative estimate of drug-likeness (QED) is 0.319. The van der Waals surface area contributed by atoms with Crippen molar-refractivity contribution >= 4 is 39.1 Å². The highest BCUT2D eigenvalue weighted by Gasteiger charge is 2.81. The molecule has 0 saturated carbocycles. The highest BCUT2D eigenvalue weighted by atomic mass is 79.9. The standard InChI is InChI=1S/C22H18BrF9N2O4/c1-10(35)33-15-6-4-5-13(17(15)38-3)18(36)34-16-11(9-37-2)7-12(8-14(16)23)19(24,21(27,28)29)20(25,26)22(30,31)32/h4-8H,9H2,1-3H3,(H,33,35)(H,34,36). The third-order valence-electron chi connectivity index (χ3n) is 5.06. The van der Waals surface area contributed by atoms with Crippen LogP contribution in [0, 0.1) is 0 Å². The second-order valence-corrected chi connectivity index (χ2v) is 8.53. The SMILES string of the molecule is COCc1cc(C(F)(C(F)(F)F)C(F)(F)C(F)(F)F)cc(Br)c1NC(=O)c1cccc(NC(C)=O)c1OC. The van der Waals surface area contributed by atoms with Gasteiger partial charge in [-0.3, -0.25) is 9.59 Å². The minimum atomic E-state index is -6.91. The zero-order valence-electron chi connectivity index (χ0n) is 19.5. The average Bonchev–Trinajstić information content (AvgIpc) is 2.78. The molecule has 0 radical (unpaired) electrons. The molecule has 2 aromatic rings. The number of hydrogen-bond donors (Lipinski definition) is 2. The summed E-state index contributed by atoms with van der Waals surface area (Å²) in [7, 11) is 2.17. The van der Waals surface area contributed by atoms with Gasteiger partial charge in [0.25, 0.3) is 5.91 Å². The van der Waals surface area contributed by atoms with Crippen LogP contribution in [0.4, 0.5) is 50.9 Å². The van der Waals surface area contributed by atoms with Crippen LogP contribution >= 0.6 is 15.9 Å². The van der Waals surface area contributed by atoms with Crippen molar-refractivity contribution in [3.8, 4) is 5.75 Å². The van der Waals surface area contributed by atoms with E-state index in [2.05, 4.69) is 26.6 Å². The molecule has 1 unspecified atom stereocenters. The first-order valence-electron chi connectivity index (χ1n) is 10.1. The van der Waals surface area contributed by atoms with Gasteiger partial charge in [0.05, 0.1) is 30.7 Å². The maximum Gasteiger partial charge on any atom is 0.457 e. The summed E-state index contributed by atoms with van der Waals surface area (Å²) in [5.41, 5.74) is -9.42. The van der Waals surface area contributed by atoms with E-state index in [9.17, 15) is 44.7 Å². The number of para-hydroxylation sites is 1. The molecule has 6 nitrogen and oxygen atoms in total. The number of carbonyl (C=O) groups excluding carboxylic acids is 2. The second-order valence-electron chi connectivity index (χ2n) is 7.68. The fourth-order valence-corrected chi connectivity index (χ4v) is 4.00. The Morgan fingerprint density at radius 3 is 2.00 bits per heavy atom. The molecule has 0 fully saturated rings. The predicted octanol–water partition coefficient (Wildman–Crippen LogP) is 6.74. The van der Waals surface area contributed by atoms with Gasteiger partial charge in [-0.25, -0.2) is 4.39 Å². The summed E-state index contributed by atoms with van der Waals surface area (Å²) in [6.07, 6.45) is -13.6. The number of ether oxygens (including phenoxy) is 2. The lowest BCUT2D eigenvalue weighted by Gasteiger charge is -2.36. The van der Waals surface area contributed by atoms with Gasteiger partial charge in [0.2, 0.25) is 5.91 Å². The van der Waals surface area contributed by atoms with Gasteiger partial charge in [-0.1, -0.05) is 6.07 Å². The summed E-state index contributed by atoms with van der Waals surface area (Å²) in [6.45, 7) is 0.437. The first-order valence-corrected chi connectivity index (χ1v) is 10.9. The van der Waals surface area contributed by atoms with E-state index in [1.54, 1.807) is 0 Å². The van der Waals surface area contributed by atoms with Gasteiger partial charge >= 0.3 is 23.9 Å². The van der Waals surface area contributed by atoms with Gasteiger partial charge in [-0.2, -0.15) is 35.1 Å². The number of halogens is 10. The molecule has 38 heavy (non-hydrogen) atoms. The number of rotatable bonds is 8. The Balaban J connectivity index is 2.69. The highest BCUT2D eigenvalue weighted by Crippen LogP contribution is 2.58. The zero-order valence-corrected chi connectivity index (χ0v) is 21.1. The summed E-state index contributed by atoms with van der Waals surface area (Å²) in [4.78, 5) is 24.4. The van der Waals surface area contributed by atoms with Crippen LogP contribution in [0.25, 0.3) is 0 Å². The Labute approximate surface area is 217 Å². The third kappa shape index (κ3) is 5.70. The minimum Gasteiger partial charge on any atom is -0.494 e. The number of carbonyl (C=O) groups is 2. The van der Waals surface area contributed by atoms with E-state index in [1.807, 2.05) is 0 Å². The van der Waals surface area contributed by atoms with Gasteiger partial charge in [0, 0.05) is 29.6 Å². The summed E-state index contributed by atoms with van der Waals surface area (Å²) < 4.78 is 131. The number of methoxy groups -OCH3 is 2. The van der Waals surface area contributed by atoms with Crippen LogP contribution in [-0.4, -0.2) is 44.3 Å². The summed E-state index contributed by atoms with van der Waals surface area (Å²) in [5, 5.41) is 4.66. The molecule has 2 aromatic carbocycles. The first kappa shape index (κ1) is 31.2. The zero-order chi connectivity index (χ0) is 29.3. The molecule has 2 amide bonds. The van der Waals surface area contributed by atoms with Crippen molar-refractivity contribution in [1.82, 2.24) is 0 Å². The van der Waals surface area contributed by atoms with Crippen molar-refractivity contribution in [2.24, 2.45) is 0 Å². The summed E-state index contributed by atoms with van der Waals surface area (Å²) >= 11 is 2.71. The Morgan fingerprint density at radius 2 is 1.53 bits per heavy atom. The molecule has 210 valence electrons. The molecule has 0 aliphatic carbocycles. The Kier molecular flexibility index (Phi) is 9.03. The van der Waals surface area contributed by atoms with Gasteiger partial charge in [0.15, 0.2) is 5.75 Å². The second kappa shape index (κ2) is 11.0. The maximum atomic E-state index is 15.0. The predicted molar refractivity (Wildman–Crippen MR) is 120 cm³/mol. The normalized spacial score (nSPS) is 14.0. The van der Waals surface area contributed by atoms with Crippen molar-refractivity contribution in [2.75, 3.05) is 24.9 Å². The Morgan fingerprint density at radius 1 is 0.921 bits per heavy atom. The molecule has 16 heteroatoms. The number of nitrogens with one attached hydrogen (secondary N) is 2. The van der Waals surface area contributed by atoms with Crippen LogP contribution in [0.5, 0.6) is 5.75 Å². The van der Waals surface area contributed by atoms with E-state index in [0.717, 1.165) is 14.2 Å². The third-order valence-corrected chi connectivity index (χ3v) is 5.69. The van der Waals surface area contributed by atoms with E-state index in [-0.39, 0.29) is 29.1 Å². The van der Waals surface area contributed by atoms with Crippen LogP contribution < -0.4 is 15.4 Å². The maximum absolute atomic E-state index is 15.0. The fourth-order valence-electron chi connectivity index (χ4n) is 3.39. The van der Waals surface area contributed by atoms with E-state index in [4.69, 9.17) is 9.47 Å². The fraction of sp³-hybridized carbons (Fsp3) is 0.364. The Hall–Kier alpha value is -3.01. The number of anilines is 2. The van der Waals surface area contributed by atoms with Gasteiger partial charge in [-0.15, -0.1) is 0 Å². The molecular weight excluding hydrogens is 607 g/mol. The minimum absolute atomic E-state index is 0.0485. The van der Waals surface area contributed by atoms with Crippen molar-refractivity contribution in [3.05, 3.63) is 51.5 Å². The van der Waals surface area contributed by atoms with Crippen LogP contribution in [0.2, 0.25) is 0 Å². The number of amides is 2. The molecule has 1 atom stereocenters. The number of hydrogen-bond acceptors (Lipinski definition) is 4. The molecule has 0 aromatic heterocycles. The molecule has 2 rings (SSSR count). The smallest absolute Gasteiger partial charge is 0.457 e. The van der Waals surface area contributed by atoms with E-state index in [1.165, 1.54) is 25.1 Å². The van der Waals surface area contributed by atoms with Gasteiger partial charge in [0.1, 0.15) is 0 Å². The lowest BCUT2D eigenvalue weighted by molar-refractivity contribution is -0.389. The first-order chi connectivity index (χ1) is 17.3. The highest BCUT2D eigenvalue weighted by molar-refractivity contribution is 9.10. The van der Waals surface area contributed by atoms with Crippen molar-refractivity contribution < 1.29 is 58.6 Å². The van der Waals surface area contributed by atoms with Gasteiger partial charge < -0.3 is 20.1 Å². The lowest BCUT2D eigenvalue weighted by atomic mass is 9.86. The molecule has 2 N–H and O–H groups in total. The van der Waals surface area contributed by atoms with Crippen LogP contribution in [0.3, 0.4) is 0 Å². The van der Waals surface area contributed by atoms with Crippen LogP contribution in [-0.2, 0) is 21.8 Å². The van der Waals surface area contributed by atoms with Crippen molar-refractivity contribution in [3.63, 3.8) is 0 Å². The van der Waals surface area contributed by atoms with E-state index >= 15 is 4.39 Å². The molecule has 0 heterocycles. The van der Waals surface area contributed by atoms with Crippen molar-refractivity contribution in [2.45, 2.75) is 37.5 Å². The lowest BCUT2D eigenvalue weighted by Crippen LogP contribution is -2.59. The molecule has 0 spiro atoms. The van der Waals surface area contributed by atoms with E-state index in [0.29, 0.717) is 0 Å². The van der Waals surface area contributed by atoms with E-state index < -0.39 is 63.7 Å². The van der Waals surface area contributed by atoms with Crippen LogP contribution in [0.15, 0.2) is 34.8 Å². The molecular formula is C22H18BrF9N2O4. The van der Waals surface area contributed by atoms with Crippen molar-refractivity contribution in [1.29, 1.82) is 0 Å². The van der Waals surface area contributed by atoms with Crippen LogP contribution in [0.1, 0.15) is 28.4 Å². The van der Waals surface area contributed by atoms with Gasteiger partial charge in [-0.05, 0) is 40.2 Å². The number of benzene rings is 2. The molecule has 0 saturated heterocycles. The Bertz CT molecular complexity index is 1220. The summed E-state index contributed by atoms with van der Waals surface area (Å²) in [5.74, 6) is -8.53. The molecule has 0 aliphatic heterocycles. The molecule has 0 bridgehead atoms.